The first-order valence-electron chi connectivity index (χ1n) is 7.80. The molecule has 1 aliphatic heterocycles. The van der Waals surface area contributed by atoms with Crippen molar-refractivity contribution >= 4 is 0 Å². The molecule has 4 heteroatoms. The normalized spacial score (nSPS) is 13.5. The van der Waals surface area contributed by atoms with Crippen LogP contribution in [-0.4, -0.2) is 18.9 Å². The lowest BCUT2D eigenvalue weighted by atomic mass is 10.1. The van der Waals surface area contributed by atoms with Gasteiger partial charge in [-0.05, 0) is 33.3 Å². The smallest absolute Gasteiger partial charge is 0.231 e. The molecule has 0 unspecified atom stereocenters. The first kappa shape index (κ1) is 16.0. The van der Waals surface area contributed by atoms with Crippen molar-refractivity contribution in [3.05, 3.63) is 17.7 Å². The summed E-state index contributed by atoms with van der Waals surface area (Å²) in [6.07, 6.45) is 3.47. The van der Waals surface area contributed by atoms with Gasteiger partial charge in [-0.15, -0.1) is 0 Å². The van der Waals surface area contributed by atoms with E-state index in [-0.39, 0.29) is 5.54 Å². The summed E-state index contributed by atoms with van der Waals surface area (Å²) in [4.78, 5) is 0. The van der Waals surface area contributed by atoms with Crippen LogP contribution < -0.4 is 19.5 Å². The van der Waals surface area contributed by atoms with E-state index in [2.05, 4.69) is 33.0 Å². The van der Waals surface area contributed by atoms with E-state index in [1.54, 1.807) is 0 Å². The standard InChI is InChI=1S/C17H27NO3/c1-5-6-7-8-19-14-10-16-15(20-12-21-16)9-13(14)11-18-17(2,3)4/h9-10,18H,5-8,11-12H2,1-4H3. The molecular formula is C17H27NO3. The second-order valence-electron chi connectivity index (χ2n) is 6.47. The summed E-state index contributed by atoms with van der Waals surface area (Å²) in [5.74, 6) is 2.48. The Labute approximate surface area is 127 Å². The first-order valence-corrected chi connectivity index (χ1v) is 7.80. The molecule has 1 aromatic rings. The van der Waals surface area contributed by atoms with Crippen LogP contribution in [-0.2, 0) is 6.54 Å². The first-order chi connectivity index (χ1) is 9.99. The molecule has 0 fully saturated rings. The van der Waals surface area contributed by atoms with Crippen LogP contribution >= 0.6 is 0 Å². The Balaban J connectivity index is 2.08. The topological polar surface area (TPSA) is 39.7 Å². The molecule has 0 spiro atoms. The van der Waals surface area contributed by atoms with E-state index >= 15 is 0 Å². The van der Waals surface area contributed by atoms with Crippen LogP contribution in [0.3, 0.4) is 0 Å². The number of unbranched alkanes of at least 4 members (excludes halogenated alkanes) is 2. The molecule has 0 bridgehead atoms. The Morgan fingerprint density at radius 2 is 1.86 bits per heavy atom. The van der Waals surface area contributed by atoms with Crippen molar-refractivity contribution in [3.8, 4) is 17.2 Å². The molecular weight excluding hydrogens is 266 g/mol. The van der Waals surface area contributed by atoms with Gasteiger partial charge in [-0.3, -0.25) is 0 Å². The SMILES string of the molecule is CCCCCOc1cc2c(cc1CNC(C)(C)C)OCO2. The van der Waals surface area contributed by atoms with Crippen LogP contribution in [0.1, 0.15) is 52.5 Å². The molecule has 0 radical (unpaired) electrons. The number of hydrogen-bond acceptors (Lipinski definition) is 4. The van der Waals surface area contributed by atoms with Crippen molar-refractivity contribution in [3.63, 3.8) is 0 Å². The maximum absolute atomic E-state index is 5.95. The summed E-state index contributed by atoms with van der Waals surface area (Å²) in [6, 6.07) is 3.98. The molecule has 0 aromatic heterocycles. The molecule has 4 nitrogen and oxygen atoms in total. The number of benzene rings is 1. The van der Waals surface area contributed by atoms with Crippen molar-refractivity contribution < 1.29 is 14.2 Å². The molecule has 0 saturated carbocycles. The third kappa shape index (κ3) is 4.81. The van der Waals surface area contributed by atoms with Gasteiger partial charge in [0.05, 0.1) is 6.61 Å². The quantitative estimate of drug-likeness (QED) is 0.775. The Morgan fingerprint density at radius 3 is 2.52 bits per heavy atom. The Morgan fingerprint density at radius 1 is 1.14 bits per heavy atom. The van der Waals surface area contributed by atoms with Gasteiger partial charge in [0.25, 0.3) is 0 Å². The zero-order valence-electron chi connectivity index (χ0n) is 13.6. The van der Waals surface area contributed by atoms with Crippen LogP contribution in [0, 0.1) is 0 Å². The highest BCUT2D eigenvalue weighted by Gasteiger charge is 2.19. The maximum Gasteiger partial charge on any atom is 0.231 e. The van der Waals surface area contributed by atoms with Gasteiger partial charge in [0.1, 0.15) is 5.75 Å². The monoisotopic (exact) mass is 293 g/mol. The molecule has 1 aromatic carbocycles. The zero-order chi connectivity index (χ0) is 15.3. The summed E-state index contributed by atoms with van der Waals surface area (Å²) in [7, 11) is 0. The van der Waals surface area contributed by atoms with Gasteiger partial charge < -0.3 is 19.5 Å². The molecule has 0 aliphatic carbocycles. The average molecular weight is 293 g/mol. The number of nitrogens with one attached hydrogen (secondary N) is 1. The van der Waals surface area contributed by atoms with E-state index in [9.17, 15) is 0 Å². The van der Waals surface area contributed by atoms with Crippen LogP contribution in [0.15, 0.2) is 12.1 Å². The van der Waals surface area contributed by atoms with Gasteiger partial charge in [-0.25, -0.2) is 0 Å². The maximum atomic E-state index is 5.95. The largest absolute Gasteiger partial charge is 0.493 e. The van der Waals surface area contributed by atoms with Crippen molar-refractivity contribution in [2.45, 2.75) is 59.0 Å². The third-order valence-corrected chi connectivity index (χ3v) is 3.37. The molecule has 1 N–H and O–H groups in total. The van der Waals surface area contributed by atoms with Crippen molar-refractivity contribution in [2.24, 2.45) is 0 Å². The van der Waals surface area contributed by atoms with E-state index in [0.29, 0.717) is 6.79 Å². The van der Waals surface area contributed by atoms with Gasteiger partial charge in [-0.2, -0.15) is 0 Å². The summed E-state index contributed by atoms with van der Waals surface area (Å²) in [5, 5.41) is 3.49. The third-order valence-electron chi connectivity index (χ3n) is 3.37. The lowest BCUT2D eigenvalue weighted by Crippen LogP contribution is -2.35. The predicted molar refractivity (Wildman–Crippen MR) is 84.2 cm³/mol. The minimum Gasteiger partial charge on any atom is -0.493 e. The molecule has 2 rings (SSSR count). The summed E-state index contributed by atoms with van der Waals surface area (Å²) >= 11 is 0. The average Bonchev–Trinajstić information content (AvgIpc) is 2.87. The van der Waals surface area contributed by atoms with Crippen molar-refractivity contribution in [2.75, 3.05) is 13.4 Å². The van der Waals surface area contributed by atoms with Crippen LogP contribution in [0.25, 0.3) is 0 Å². The van der Waals surface area contributed by atoms with Gasteiger partial charge in [-0.1, -0.05) is 19.8 Å². The fourth-order valence-corrected chi connectivity index (χ4v) is 2.13. The van der Waals surface area contributed by atoms with E-state index < -0.39 is 0 Å². The second-order valence-corrected chi connectivity index (χ2v) is 6.47. The van der Waals surface area contributed by atoms with E-state index in [4.69, 9.17) is 14.2 Å². The zero-order valence-corrected chi connectivity index (χ0v) is 13.6. The lowest BCUT2D eigenvalue weighted by molar-refractivity contribution is 0.173. The number of hydrogen-bond donors (Lipinski definition) is 1. The van der Waals surface area contributed by atoms with Crippen LogP contribution in [0.4, 0.5) is 0 Å². The van der Waals surface area contributed by atoms with E-state index in [1.807, 2.05) is 12.1 Å². The summed E-state index contributed by atoms with van der Waals surface area (Å²) in [6.45, 7) is 10.4. The fraction of sp³-hybridized carbons (Fsp3) is 0.647. The summed E-state index contributed by atoms with van der Waals surface area (Å²) < 4.78 is 16.9. The second kappa shape index (κ2) is 7.03. The fourth-order valence-electron chi connectivity index (χ4n) is 2.13. The van der Waals surface area contributed by atoms with Crippen molar-refractivity contribution in [1.29, 1.82) is 0 Å². The number of fused-ring (bicyclic) bond motifs is 1. The molecule has 0 saturated heterocycles. The molecule has 1 heterocycles. The van der Waals surface area contributed by atoms with E-state index in [0.717, 1.165) is 42.4 Å². The number of ether oxygens (including phenoxy) is 3. The summed E-state index contributed by atoms with van der Waals surface area (Å²) in [5.41, 5.74) is 1.18. The minimum atomic E-state index is 0.0653. The highest BCUT2D eigenvalue weighted by atomic mass is 16.7. The number of rotatable bonds is 7. The van der Waals surface area contributed by atoms with Gasteiger partial charge in [0, 0.05) is 23.7 Å². The molecule has 1 aliphatic rings. The molecule has 21 heavy (non-hydrogen) atoms. The molecule has 0 atom stereocenters. The van der Waals surface area contributed by atoms with E-state index in [1.165, 1.54) is 12.8 Å². The Hall–Kier alpha value is -1.42. The van der Waals surface area contributed by atoms with Crippen LogP contribution in [0.2, 0.25) is 0 Å². The van der Waals surface area contributed by atoms with Gasteiger partial charge >= 0.3 is 0 Å². The lowest BCUT2D eigenvalue weighted by Gasteiger charge is -2.22. The van der Waals surface area contributed by atoms with Crippen molar-refractivity contribution in [1.82, 2.24) is 5.32 Å². The Kier molecular flexibility index (Phi) is 5.34. The molecule has 0 amide bonds. The Bertz CT molecular complexity index is 466. The highest BCUT2D eigenvalue weighted by molar-refractivity contribution is 5.51. The van der Waals surface area contributed by atoms with Gasteiger partial charge in [0.15, 0.2) is 11.5 Å². The van der Waals surface area contributed by atoms with Gasteiger partial charge in [0.2, 0.25) is 6.79 Å². The molecule has 118 valence electrons. The van der Waals surface area contributed by atoms with Crippen LogP contribution in [0.5, 0.6) is 17.2 Å². The highest BCUT2D eigenvalue weighted by Crippen LogP contribution is 2.38. The minimum absolute atomic E-state index is 0.0653. The predicted octanol–water partition coefficient (Wildman–Crippen LogP) is 3.87.